The van der Waals surface area contributed by atoms with E-state index in [-0.39, 0.29) is 51.0 Å². The second-order valence-corrected chi connectivity index (χ2v) is 12.0. The molecule has 0 spiro atoms. The number of hydrogen-bond donors (Lipinski definition) is 4. The summed E-state index contributed by atoms with van der Waals surface area (Å²) >= 11 is 0. The van der Waals surface area contributed by atoms with Gasteiger partial charge in [0, 0.05) is 32.6 Å². The number of phenols is 2. The monoisotopic (exact) mass is 722 g/mol. The SMILES string of the molecule is CC[C@H](C)/C(=N/O)C(=O)N(O)C1([C@@H](C)CC)Oc2ccc(-c3c(O)c(O)c(-c4ccc(OC(C)=O)cc4)c(OC(C)=O)c3OC(C)=O)cc2OC1=O. The number of aromatic hydroxyl groups is 2. The first-order chi connectivity index (χ1) is 24.5. The summed E-state index contributed by atoms with van der Waals surface area (Å²) in [7, 11) is 0. The van der Waals surface area contributed by atoms with Crippen LogP contribution in [0.25, 0.3) is 22.3 Å². The average molecular weight is 723 g/mol. The molecule has 0 fully saturated rings. The molecule has 0 saturated heterocycles. The Balaban J connectivity index is 1.91. The van der Waals surface area contributed by atoms with Gasteiger partial charge in [-0.05, 0) is 48.2 Å². The molecule has 276 valence electrons. The number of ether oxygens (including phenoxy) is 5. The third-order valence-corrected chi connectivity index (χ3v) is 8.44. The van der Waals surface area contributed by atoms with Gasteiger partial charge in [-0.25, -0.2) is 4.79 Å². The number of carbonyl (C=O) groups excluding carboxylic acids is 5. The fraction of sp³-hybridized carbons (Fsp3) is 0.333. The number of phenolic OH excluding ortho intramolecular Hbond substituents is 2. The van der Waals surface area contributed by atoms with Gasteiger partial charge in [-0.1, -0.05) is 51.0 Å². The minimum Gasteiger partial charge on any atom is -0.504 e. The highest BCUT2D eigenvalue weighted by Gasteiger charge is 2.58. The average Bonchev–Trinajstić information content (AvgIpc) is 3.09. The molecule has 0 aromatic heterocycles. The largest absolute Gasteiger partial charge is 0.504 e. The van der Waals surface area contributed by atoms with Crippen LogP contribution in [0.1, 0.15) is 61.3 Å². The lowest BCUT2D eigenvalue weighted by Crippen LogP contribution is -2.67. The third-order valence-electron chi connectivity index (χ3n) is 8.44. The molecule has 3 aromatic rings. The molecule has 4 rings (SSSR count). The molecule has 3 atom stereocenters. The molecule has 0 saturated carbocycles. The van der Waals surface area contributed by atoms with Crippen molar-refractivity contribution in [3.8, 4) is 62.5 Å². The summed E-state index contributed by atoms with van der Waals surface area (Å²) in [4.78, 5) is 63.2. The van der Waals surface area contributed by atoms with Crippen LogP contribution >= 0.6 is 0 Å². The zero-order valence-electron chi connectivity index (χ0n) is 29.4. The first kappa shape index (κ1) is 38.6. The number of esters is 4. The fourth-order valence-electron chi connectivity index (χ4n) is 5.48. The Morgan fingerprint density at radius 3 is 1.81 bits per heavy atom. The number of rotatable bonds is 11. The topological polar surface area (TPSA) is 228 Å². The van der Waals surface area contributed by atoms with Crippen molar-refractivity contribution in [2.24, 2.45) is 17.0 Å². The molecule has 16 nitrogen and oxygen atoms in total. The molecule has 4 N–H and O–H groups in total. The van der Waals surface area contributed by atoms with Gasteiger partial charge in [-0.2, -0.15) is 5.06 Å². The summed E-state index contributed by atoms with van der Waals surface area (Å²) in [6.07, 6.45) is 0.574. The maximum Gasteiger partial charge on any atom is 0.380 e. The van der Waals surface area contributed by atoms with Crippen molar-refractivity contribution >= 4 is 35.5 Å². The maximum atomic E-state index is 13.8. The Bertz CT molecular complexity index is 1960. The second kappa shape index (κ2) is 15.4. The molecule has 3 aromatic carbocycles. The van der Waals surface area contributed by atoms with Crippen LogP contribution in [-0.2, 0) is 24.0 Å². The van der Waals surface area contributed by atoms with Gasteiger partial charge in [0.1, 0.15) is 11.5 Å². The molecule has 0 bridgehead atoms. The smallest absolute Gasteiger partial charge is 0.380 e. The van der Waals surface area contributed by atoms with Gasteiger partial charge >= 0.3 is 29.6 Å². The lowest BCUT2D eigenvalue weighted by atomic mass is 9.91. The normalized spacial score (nSPS) is 16.4. The number of hydrogen-bond acceptors (Lipinski definition) is 15. The van der Waals surface area contributed by atoms with Gasteiger partial charge in [0.05, 0.1) is 11.1 Å². The Morgan fingerprint density at radius 2 is 1.33 bits per heavy atom. The molecular formula is C36H38N2O14. The highest BCUT2D eigenvalue weighted by atomic mass is 16.7. The van der Waals surface area contributed by atoms with Gasteiger partial charge in [0.15, 0.2) is 34.5 Å². The zero-order valence-corrected chi connectivity index (χ0v) is 29.4. The van der Waals surface area contributed by atoms with E-state index in [2.05, 4.69) is 5.16 Å². The van der Waals surface area contributed by atoms with Crippen molar-refractivity contribution in [1.82, 2.24) is 5.06 Å². The number of nitrogens with zero attached hydrogens (tertiary/aromatic N) is 2. The summed E-state index contributed by atoms with van der Waals surface area (Å²) in [5.41, 5.74) is -3.36. The van der Waals surface area contributed by atoms with Gasteiger partial charge < -0.3 is 39.1 Å². The molecular weight excluding hydrogens is 684 g/mol. The van der Waals surface area contributed by atoms with Gasteiger partial charge in [-0.15, -0.1) is 0 Å². The van der Waals surface area contributed by atoms with E-state index in [1.165, 1.54) is 56.3 Å². The van der Waals surface area contributed by atoms with Crippen molar-refractivity contribution < 1.29 is 68.3 Å². The van der Waals surface area contributed by atoms with Crippen LogP contribution in [0.3, 0.4) is 0 Å². The molecule has 1 aliphatic rings. The van der Waals surface area contributed by atoms with Crippen molar-refractivity contribution in [1.29, 1.82) is 0 Å². The van der Waals surface area contributed by atoms with Gasteiger partial charge in [0.2, 0.25) is 0 Å². The van der Waals surface area contributed by atoms with E-state index < -0.39 is 76.1 Å². The number of fused-ring (bicyclic) bond motifs is 1. The number of carbonyl (C=O) groups is 5. The predicted octanol–water partition coefficient (Wildman–Crippen LogP) is 5.34. The van der Waals surface area contributed by atoms with Gasteiger partial charge in [0.25, 0.3) is 5.91 Å². The Hall–Kier alpha value is -6.16. The van der Waals surface area contributed by atoms with Crippen LogP contribution in [-0.4, -0.2) is 66.9 Å². The lowest BCUT2D eigenvalue weighted by Gasteiger charge is -2.43. The third kappa shape index (κ3) is 7.18. The van der Waals surface area contributed by atoms with Gasteiger partial charge in [-0.3, -0.25) is 24.4 Å². The fourth-order valence-corrected chi connectivity index (χ4v) is 5.48. The van der Waals surface area contributed by atoms with Crippen molar-refractivity contribution in [2.75, 3.05) is 0 Å². The van der Waals surface area contributed by atoms with E-state index in [0.717, 1.165) is 13.8 Å². The summed E-state index contributed by atoms with van der Waals surface area (Å²) in [6, 6.07) is 9.31. The van der Waals surface area contributed by atoms with Crippen molar-refractivity contribution in [3.05, 3.63) is 42.5 Å². The Labute approximate surface area is 297 Å². The Morgan fingerprint density at radius 1 is 0.808 bits per heavy atom. The summed E-state index contributed by atoms with van der Waals surface area (Å²) < 4.78 is 27.6. The number of oxime groups is 1. The minimum absolute atomic E-state index is 0.0381. The molecule has 52 heavy (non-hydrogen) atoms. The van der Waals surface area contributed by atoms with Crippen LogP contribution < -0.4 is 23.7 Å². The molecule has 1 unspecified atom stereocenters. The van der Waals surface area contributed by atoms with E-state index in [9.17, 15) is 44.6 Å². The molecule has 16 heteroatoms. The van der Waals surface area contributed by atoms with E-state index in [1.54, 1.807) is 20.8 Å². The number of amides is 1. The van der Waals surface area contributed by atoms with E-state index in [0.29, 0.717) is 6.42 Å². The zero-order chi connectivity index (χ0) is 38.7. The highest BCUT2D eigenvalue weighted by molar-refractivity contribution is 6.39. The van der Waals surface area contributed by atoms with Crippen LogP contribution in [0, 0.1) is 11.8 Å². The maximum absolute atomic E-state index is 13.8. The van der Waals surface area contributed by atoms with Crippen LogP contribution in [0.15, 0.2) is 47.6 Å². The van der Waals surface area contributed by atoms with E-state index in [4.69, 9.17) is 23.7 Å². The molecule has 0 radical (unpaired) electrons. The van der Waals surface area contributed by atoms with Crippen molar-refractivity contribution in [3.63, 3.8) is 0 Å². The van der Waals surface area contributed by atoms with E-state index >= 15 is 0 Å². The first-order valence-electron chi connectivity index (χ1n) is 16.1. The quantitative estimate of drug-likeness (QED) is 0.0373. The van der Waals surface area contributed by atoms with Crippen molar-refractivity contribution in [2.45, 2.75) is 67.0 Å². The molecule has 1 aliphatic heterocycles. The first-order valence-corrected chi connectivity index (χ1v) is 16.1. The summed E-state index contributed by atoms with van der Waals surface area (Å²) in [5.74, 6) is -9.14. The number of hydroxylamine groups is 2. The van der Waals surface area contributed by atoms with E-state index in [1.807, 2.05) is 0 Å². The second-order valence-electron chi connectivity index (χ2n) is 12.0. The highest BCUT2D eigenvalue weighted by Crippen LogP contribution is 2.57. The Kier molecular flexibility index (Phi) is 11.4. The van der Waals surface area contributed by atoms with Crippen LogP contribution in [0.5, 0.6) is 40.2 Å². The standard InChI is InChI=1S/C36H38N2O14/c1-8-17(3)29(37-46)34(44)38(47)36(18(4)9-2)35(45)51-26-16-23(12-15-25(26)52-36)28-31(43)30(42)27(22-10-13-24(14-11-22)48-19(5)39)32(49-20(6)40)33(28)50-21(7)41/h10-18,42-43,46-47H,8-9H2,1-7H3/b37-29-/t17-,18-,36?/m0/s1. The van der Waals surface area contributed by atoms with Crippen LogP contribution in [0.2, 0.25) is 0 Å². The molecule has 1 heterocycles. The molecule has 0 aliphatic carbocycles. The molecule has 1 amide bonds. The summed E-state index contributed by atoms with van der Waals surface area (Å²) in [5, 5.41) is 46.7. The minimum atomic E-state index is -2.43. The van der Waals surface area contributed by atoms with Crippen LogP contribution in [0.4, 0.5) is 0 Å². The number of benzene rings is 3. The predicted molar refractivity (Wildman–Crippen MR) is 180 cm³/mol. The summed E-state index contributed by atoms with van der Waals surface area (Å²) in [6.45, 7) is 9.84. The lowest BCUT2D eigenvalue weighted by molar-refractivity contribution is -0.258.